The lowest BCUT2D eigenvalue weighted by atomic mass is 9.94. The van der Waals surface area contributed by atoms with Crippen molar-refractivity contribution >= 4 is 0 Å². The Balaban J connectivity index is 2.64. The van der Waals surface area contributed by atoms with Crippen LogP contribution in [0.25, 0.3) is 0 Å². The Hall–Kier alpha value is -0.780. The number of rotatable bonds is 0. The van der Waals surface area contributed by atoms with E-state index in [1.165, 1.54) is 30.4 Å². The predicted molar refractivity (Wildman–Crippen MR) is 59.7 cm³/mol. The van der Waals surface area contributed by atoms with Crippen molar-refractivity contribution in [2.24, 2.45) is 5.92 Å². The van der Waals surface area contributed by atoms with E-state index in [1.54, 1.807) is 0 Å². The Bertz CT molecular complexity index is 230. The third kappa shape index (κ3) is 4.12. The van der Waals surface area contributed by atoms with Gasteiger partial charge in [0.1, 0.15) is 0 Å². The van der Waals surface area contributed by atoms with Gasteiger partial charge in [0.2, 0.25) is 0 Å². The lowest BCUT2D eigenvalue weighted by Gasteiger charge is -2.11. The third-order valence-corrected chi connectivity index (χ3v) is 2.56. The van der Waals surface area contributed by atoms with Crippen molar-refractivity contribution in [2.75, 3.05) is 0 Å². The zero-order valence-electron chi connectivity index (χ0n) is 8.84. The van der Waals surface area contributed by atoms with Crippen molar-refractivity contribution in [3.8, 4) is 0 Å². The van der Waals surface area contributed by atoms with Crippen LogP contribution in [0.5, 0.6) is 0 Å². The quantitative estimate of drug-likeness (QED) is 0.517. The molecule has 0 aromatic heterocycles. The van der Waals surface area contributed by atoms with Crippen molar-refractivity contribution in [1.29, 1.82) is 0 Å². The van der Waals surface area contributed by atoms with Crippen molar-refractivity contribution in [2.45, 2.75) is 39.5 Å². The van der Waals surface area contributed by atoms with E-state index in [0.29, 0.717) is 0 Å². The van der Waals surface area contributed by atoms with E-state index in [1.807, 2.05) is 0 Å². The summed E-state index contributed by atoms with van der Waals surface area (Å²) < 4.78 is 0. The molecule has 0 heteroatoms. The van der Waals surface area contributed by atoms with E-state index in [-0.39, 0.29) is 0 Å². The molecule has 0 nitrogen and oxygen atoms in total. The number of hydrogen-bond donors (Lipinski definition) is 0. The fourth-order valence-corrected chi connectivity index (χ4v) is 1.73. The summed E-state index contributed by atoms with van der Waals surface area (Å²) >= 11 is 0. The molecule has 0 aliphatic heterocycles. The summed E-state index contributed by atoms with van der Waals surface area (Å²) in [5, 5.41) is 0. The summed E-state index contributed by atoms with van der Waals surface area (Å²) in [7, 11) is 0. The van der Waals surface area contributed by atoms with Crippen molar-refractivity contribution in [3.05, 3.63) is 36.0 Å². The molecular formula is C13H20. The van der Waals surface area contributed by atoms with Crippen molar-refractivity contribution in [3.63, 3.8) is 0 Å². The largest absolute Gasteiger partial charge is 0.0958 e. The predicted octanol–water partition coefficient (Wildman–Crippen LogP) is 4.26. The maximum Gasteiger partial charge on any atom is -0.0259 e. The van der Waals surface area contributed by atoms with Gasteiger partial charge in [0.05, 0.1) is 0 Å². The molecule has 0 aromatic rings. The second-order valence-electron chi connectivity index (χ2n) is 4.18. The molecule has 0 bridgehead atoms. The summed E-state index contributed by atoms with van der Waals surface area (Å²) in [4.78, 5) is 0. The second kappa shape index (κ2) is 5.06. The fraction of sp³-hybridized carbons (Fsp3) is 0.538. The second-order valence-corrected chi connectivity index (χ2v) is 4.18. The number of allylic oxidation sites excluding steroid dienone is 5. The van der Waals surface area contributed by atoms with Crippen LogP contribution in [0, 0.1) is 5.92 Å². The van der Waals surface area contributed by atoms with Crippen LogP contribution in [0.1, 0.15) is 39.5 Å². The van der Waals surface area contributed by atoms with Gasteiger partial charge < -0.3 is 0 Å². The molecule has 1 atom stereocenters. The van der Waals surface area contributed by atoms with Gasteiger partial charge in [-0.25, -0.2) is 0 Å². The highest BCUT2D eigenvalue weighted by atomic mass is 14.1. The first-order valence-corrected chi connectivity index (χ1v) is 5.21. The summed E-state index contributed by atoms with van der Waals surface area (Å²) in [5.74, 6) is 0.795. The Kier molecular flexibility index (Phi) is 4.01. The van der Waals surface area contributed by atoms with Gasteiger partial charge in [-0.1, -0.05) is 49.3 Å². The van der Waals surface area contributed by atoms with Gasteiger partial charge in [-0.3, -0.25) is 0 Å². The van der Waals surface area contributed by atoms with Crippen LogP contribution in [0.3, 0.4) is 0 Å². The van der Waals surface area contributed by atoms with Crippen LogP contribution < -0.4 is 0 Å². The zero-order chi connectivity index (χ0) is 9.68. The van der Waals surface area contributed by atoms with Gasteiger partial charge in [0.25, 0.3) is 0 Å². The topological polar surface area (TPSA) is 0 Å². The highest BCUT2D eigenvalue weighted by Crippen LogP contribution is 2.19. The molecule has 13 heavy (non-hydrogen) atoms. The maximum absolute atomic E-state index is 4.06. The molecule has 0 N–H and O–H groups in total. The van der Waals surface area contributed by atoms with Crippen LogP contribution in [-0.4, -0.2) is 0 Å². The van der Waals surface area contributed by atoms with Crippen LogP contribution in [0.4, 0.5) is 0 Å². The first-order valence-electron chi connectivity index (χ1n) is 5.21. The SMILES string of the molecule is C=C1/C=C\C(C)=C/CCCC(C)C1. The van der Waals surface area contributed by atoms with Gasteiger partial charge in [0, 0.05) is 0 Å². The van der Waals surface area contributed by atoms with Crippen LogP contribution in [0.2, 0.25) is 0 Å². The molecule has 72 valence electrons. The highest BCUT2D eigenvalue weighted by molar-refractivity contribution is 5.25. The van der Waals surface area contributed by atoms with E-state index in [4.69, 9.17) is 0 Å². The summed E-state index contributed by atoms with van der Waals surface area (Å²) in [6, 6.07) is 0. The minimum atomic E-state index is 0.795. The molecule has 0 aromatic carbocycles. The maximum atomic E-state index is 4.06. The summed E-state index contributed by atoms with van der Waals surface area (Å²) in [5.41, 5.74) is 2.64. The van der Waals surface area contributed by atoms with Gasteiger partial charge in [0.15, 0.2) is 0 Å². The average Bonchev–Trinajstić information content (AvgIpc) is 2.08. The molecule has 1 unspecified atom stereocenters. The third-order valence-electron chi connectivity index (χ3n) is 2.56. The first kappa shape index (κ1) is 10.3. The van der Waals surface area contributed by atoms with Crippen molar-refractivity contribution < 1.29 is 0 Å². The standard InChI is InChI=1S/C13H20/c1-11-6-4-5-7-12(2)10-13(3)9-8-11/h6,8-9,12H,3-5,7,10H2,1-2H3/b9-8-,11-6-. The zero-order valence-corrected chi connectivity index (χ0v) is 8.84. The van der Waals surface area contributed by atoms with Gasteiger partial charge in [-0.15, -0.1) is 0 Å². The average molecular weight is 176 g/mol. The van der Waals surface area contributed by atoms with E-state index in [0.717, 1.165) is 12.3 Å². The van der Waals surface area contributed by atoms with Gasteiger partial charge >= 0.3 is 0 Å². The Morgan fingerprint density at radius 2 is 2.15 bits per heavy atom. The highest BCUT2D eigenvalue weighted by Gasteiger charge is 2.03. The first-order chi connectivity index (χ1) is 6.18. The molecule has 0 heterocycles. The van der Waals surface area contributed by atoms with E-state index < -0.39 is 0 Å². The Morgan fingerprint density at radius 3 is 2.92 bits per heavy atom. The molecule has 0 spiro atoms. The molecule has 1 aliphatic carbocycles. The monoisotopic (exact) mass is 176 g/mol. The summed E-state index contributed by atoms with van der Waals surface area (Å²) in [6.45, 7) is 8.54. The molecule has 1 rings (SSSR count). The Labute approximate surface area is 82.0 Å². The van der Waals surface area contributed by atoms with Crippen LogP contribution in [-0.2, 0) is 0 Å². The molecule has 0 fully saturated rings. The molecule has 0 saturated carbocycles. The molecule has 0 amide bonds. The van der Waals surface area contributed by atoms with E-state index >= 15 is 0 Å². The van der Waals surface area contributed by atoms with Gasteiger partial charge in [-0.05, 0) is 32.1 Å². The normalized spacial score (nSPS) is 32.0. The van der Waals surface area contributed by atoms with E-state index in [2.05, 4.69) is 38.7 Å². The number of hydrogen-bond acceptors (Lipinski definition) is 0. The summed E-state index contributed by atoms with van der Waals surface area (Å²) in [6.07, 6.45) is 11.7. The van der Waals surface area contributed by atoms with Crippen LogP contribution in [0.15, 0.2) is 36.0 Å². The van der Waals surface area contributed by atoms with E-state index in [9.17, 15) is 0 Å². The fourth-order valence-electron chi connectivity index (χ4n) is 1.73. The van der Waals surface area contributed by atoms with Crippen molar-refractivity contribution in [1.82, 2.24) is 0 Å². The molecule has 0 saturated heterocycles. The molecule has 1 aliphatic rings. The minimum absolute atomic E-state index is 0.795. The smallest absolute Gasteiger partial charge is 0.0259 e. The van der Waals surface area contributed by atoms with Crippen LogP contribution >= 0.6 is 0 Å². The lowest BCUT2D eigenvalue weighted by molar-refractivity contribution is 0.512. The van der Waals surface area contributed by atoms with Gasteiger partial charge in [-0.2, -0.15) is 0 Å². The minimum Gasteiger partial charge on any atom is -0.0958 e. The molecular weight excluding hydrogens is 156 g/mol. The molecule has 0 radical (unpaired) electrons. The lowest BCUT2D eigenvalue weighted by Crippen LogP contribution is -1.96. The Morgan fingerprint density at radius 1 is 1.38 bits per heavy atom.